The Morgan fingerprint density at radius 2 is 1.89 bits per heavy atom. The predicted octanol–water partition coefficient (Wildman–Crippen LogP) is 3.07. The molecule has 0 aliphatic heterocycles. The first kappa shape index (κ1) is 12.4. The van der Waals surface area contributed by atoms with Gasteiger partial charge in [0.05, 0.1) is 17.5 Å². The first-order valence-electron chi connectivity index (χ1n) is 5.77. The summed E-state index contributed by atoms with van der Waals surface area (Å²) in [6.45, 7) is 6.00. The Morgan fingerprint density at radius 1 is 1.22 bits per heavy atom. The van der Waals surface area contributed by atoms with E-state index in [2.05, 4.69) is 10.2 Å². The lowest BCUT2D eigenvalue weighted by molar-refractivity contribution is 0.112. The summed E-state index contributed by atoms with van der Waals surface area (Å²) in [5.74, 6) is 0.804. The van der Waals surface area contributed by atoms with Crippen LogP contribution in [0.2, 0.25) is 0 Å². The molecule has 18 heavy (non-hydrogen) atoms. The number of nitrogens with zero attached hydrogens (tertiary/aromatic N) is 1. The summed E-state index contributed by atoms with van der Waals surface area (Å²) in [7, 11) is 0. The van der Waals surface area contributed by atoms with Gasteiger partial charge in [0.1, 0.15) is 11.4 Å². The van der Waals surface area contributed by atoms with Crippen LogP contribution in [0.25, 0.3) is 11.3 Å². The van der Waals surface area contributed by atoms with Crippen molar-refractivity contribution in [2.24, 2.45) is 0 Å². The molecule has 0 aliphatic rings. The van der Waals surface area contributed by atoms with Gasteiger partial charge in [-0.15, -0.1) is 0 Å². The molecule has 2 rings (SSSR count). The van der Waals surface area contributed by atoms with Crippen LogP contribution in [0.5, 0.6) is 5.75 Å². The van der Waals surface area contributed by atoms with E-state index in [0.717, 1.165) is 23.3 Å². The molecule has 4 heteroatoms. The van der Waals surface area contributed by atoms with E-state index in [0.29, 0.717) is 5.56 Å². The highest BCUT2D eigenvalue weighted by atomic mass is 16.5. The number of aldehydes is 1. The molecule has 0 unspecified atom stereocenters. The van der Waals surface area contributed by atoms with E-state index < -0.39 is 0 Å². The maximum absolute atomic E-state index is 10.8. The summed E-state index contributed by atoms with van der Waals surface area (Å²) in [6.07, 6.45) is 2.31. The van der Waals surface area contributed by atoms with Crippen LogP contribution in [0.15, 0.2) is 30.5 Å². The lowest BCUT2D eigenvalue weighted by Crippen LogP contribution is -2.22. The maximum Gasteiger partial charge on any atom is 0.153 e. The molecule has 1 heterocycles. The number of aromatic nitrogens is 2. The van der Waals surface area contributed by atoms with E-state index in [1.807, 2.05) is 45.0 Å². The zero-order valence-corrected chi connectivity index (χ0v) is 10.7. The van der Waals surface area contributed by atoms with E-state index in [9.17, 15) is 4.79 Å². The van der Waals surface area contributed by atoms with Gasteiger partial charge in [0.15, 0.2) is 6.29 Å². The lowest BCUT2D eigenvalue weighted by atomic mass is 10.1. The van der Waals surface area contributed by atoms with Crippen LogP contribution >= 0.6 is 0 Å². The number of nitrogens with one attached hydrogen (secondary N) is 1. The third kappa shape index (κ3) is 2.77. The third-order valence-corrected chi connectivity index (χ3v) is 2.36. The Hall–Kier alpha value is -2.10. The summed E-state index contributed by atoms with van der Waals surface area (Å²) in [5, 5.41) is 6.68. The molecule has 1 aromatic heterocycles. The molecule has 0 aliphatic carbocycles. The van der Waals surface area contributed by atoms with Crippen molar-refractivity contribution in [2.45, 2.75) is 26.4 Å². The van der Waals surface area contributed by atoms with Crippen molar-refractivity contribution in [3.63, 3.8) is 0 Å². The van der Waals surface area contributed by atoms with E-state index in [4.69, 9.17) is 4.74 Å². The monoisotopic (exact) mass is 244 g/mol. The fraction of sp³-hybridized carbons (Fsp3) is 0.286. The minimum atomic E-state index is -0.219. The Labute approximate surface area is 106 Å². The number of aromatic amines is 1. The molecule has 4 nitrogen and oxygen atoms in total. The minimum Gasteiger partial charge on any atom is -0.488 e. The Kier molecular flexibility index (Phi) is 3.19. The second-order valence-electron chi connectivity index (χ2n) is 5.06. The zero-order valence-electron chi connectivity index (χ0n) is 10.7. The standard InChI is InChI=1S/C14H16N2O2/c1-14(2,3)18-12-6-4-10(5-7-12)13-11(9-17)8-15-16-13/h4-9H,1-3H3,(H,15,16). The SMILES string of the molecule is CC(C)(C)Oc1ccc(-c2[nH]ncc2C=O)cc1. The Bertz CT molecular complexity index is 536. The largest absolute Gasteiger partial charge is 0.488 e. The summed E-state index contributed by atoms with van der Waals surface area (Å²) < 4.78 is 5.74. The fourth-order valence-corrected chi connectivity index (χ4v) is 1.66. The van der Waals surface area contributed by atoms with Crippen LogP contribution in [0.4, 0.5) is 0 Å². The molecule has 1 aromatic carbocycles. The quantitative estimate of drug-likeness (QED) is 0.844. The van der Waals surface area contributed by atoms with Crippen LogP contribution in [0.1, 0.15) is 31.1 Å². The Balaban J connectivity index is 2.25. The number of H-pyrrole nitrogens is 1. The summed E-state index contributed by atoms with van der Waals surface area (Å²) in [4.78, 5) is 10.8. The van der Waals surface area contributed by atoms with Gasteiger partial charge in [-0.25, -0.2) is 0 Å². The van der Waals surface area contributed by atoms with Gasteiger partial charge < -0.3 is 4.74 Å². The first-order chi connectivity index (χ1) is 8.49. The van der Waals surface area contributed by atoms with Crippen molar-refractivity contribution in [3.05, 3.63) is 36.0 Å². The van der Waals surface area contributed by atoms with Crippen LogP contribution in [0, 0.1) is 0 Å². The van der Waals surface area contributed by atoms with Crippen molar-refractivity contribution < 1.29 is 9.53 Å². The molecule has 94 valence electrons. The summed E-state index contributed by atoms with van der Waals surface area (Å²) >= 11 is 0. The number of hydrogen-bond acceptors (Lipinski definition) is 3. The zero-order chi connectivity index (χ0) is 13.2. The molecule has 0 saturated heterocycles. The normalized spacial score (nSPS) is 11.3. The highest BCUT2D eigenvalue weighted by molar-refractivity contribution is 5.85. The van der Waals surface area contributed by atoms with E-state index in [1.165, 1.54) is 6.20 Å². The van der Waals surface area contributed by atoms with Gasteiger partial charge in [-0.3, -0.25) is 9.89 Å². The summed E-state index contributed by atoms with van der Waals surface area (Å²) in [5.41, 5.74) is 1.98. The molecule has 0 spiro atoms. The molecular weight excluding hydrogens is 228 g/mol. The van der Waals surface area contributed by atoms with Crippen molar-refractivity contribution in [2.75, 3.05) is 0 Å². The second-order valence-corrected chi connectivity index (χ2v) is 5.06. The Morgan fingerprint density at radius 3 is 2.44 bits per heavy atom. The molecule has 1 N–H and O–H groups in total. The number of carbonyl (C=O) groups excluding carboxylic acids is 1. The van der Waals surface area contributed by atoms with Gasteiger partial charge in [0.25, 0.3) is 0 Å². The highest BCUT2D eigenvalue weighted by Crippen LogP contribution is 2.24. The van der Waals surface area contributed by atoms with Crippen molar-refractivity contribution >= 4 is 6.29 Å². The van der Waals surface area contributed by atoms with E-state index in [-0.39, 0.29) is 5.60 Å². The molecule has 0 atom stereocenters. The van der Waals surface area contributed by atoms with Crippen LogP contribution in [-0.4, -0.2) is 22.1 Å². The van der Waals surface area contributed by atoms with Gasteiger partial charge in [-0.1, -0.05) is 0 Å². The van der Waals surface area contributed by atoms with Gasteiger partial charge in [-0.2, -0.15) is 5.10 Å². The first-order valence-corrected chi connectivity index (χ1v) is 5.77. The predicted molar refractivity (Wildman–Crippen MR) is 69.8 cm³/mol. The smallest absolute Gasteiger partial charge is 0.153 e. The number of benzene rings is 1. The molecule has 0 amide bonds. The van der Waals surface area contributed by atoms with Gasteiger partial charge in [-0.05, 0) is 45.0 Å². The molecule has 0 saturated carbocycles. The van der Waals surface area contributed by atoms with Crippen LogP contribution < -0.4 is 4.74 Å². The van der Waals surface area contributed by atoms with Crippen molar-refractivity contribution in [1.29, 1.82) is 0 Å². The molecule has 0 bridgehead atoms. The van der Waals surface area contributed by atoms with Crippen LogP contribution in [-0.2, 0) is 0 Å². The second kappa shape index (κ2) is 4.64. The number of carbonyl (C=O) groups is 1. The van der Waals surface area contributed by atoms with Crippen LogP contribution in [0.3, 0.4) is 0 Å². The maximum atomic E-state index is 10.8. The summed E-state index contributed by atoms with van der Waals surface area (Å²) in [6, 6.07) is 7.58. The molecule has 0 radical (unpaired) electrons. The fourth-order valence-electron chi connectivity index (χ4n) is 1.66. The lowest BCUT2D eigenvalue weighted by Gasteiger charge is -2.21. The minimum absolute atomic E-state index is 0.219. The van der Waals surface area contributed by atoms with Crippen molar-refractivity contribution in [3.8, 4) is 17.0 Å². The number of ether oxygens (including phenoxy) is 1. The highest BCUT2D eigenvalue weighted by Gasteiger charge is 2.12. The van der Waals surface area contributed by atoms with Gasteiger partial charge in [0, 0.05) is 5.56 Å². The van der Waals surface area contributed by atoms with E-state index in [1.54, 1.807) is 0 Å². The molecule has 0 fully saturated rings. The van der Waals surface area contributed by atoms with Gasteiger partial charge in [0.2, 0.25) is 0 Å². The van der Waals surface area contributed by atoms with E-state index >= 15 is 0 Å². The molecule has 2 aromatic rings. The molecular formula is C14H16N2O2. The average molecular weight is 244 g/mol. The number of hydrogen-bond donors (Lipinski definition) is 1. The third-order valence-electron chi connectivity index (χ3n) is 2.36. The van der Waals surface area contributed by atoms with Gasteiger partial charge >= 0.3 is 0 Å². The number of rotatable bonds is 3. The van der Waals surface area contributed by atoms with Crippen molar-refractivity contribution in [1.82, 2.24) is 10.2 Å². The topological polar surface area (TPSA) is 55.0 Å². The average Bonchev–Trinajstić information content (AvgIpc) is 2.76.